The standard InChI is InChI=1S/C6H14O4S/c7-2-4(8)1-5(9)6(10)3-11/h4-11H,1-3H2. The molecule has 0 spiro atoms. The van der Waals surface area contributed by atoms with Gasteiger partial charge in [-0.25, -0.2) is 0 Å². The Kier molecular flexibility index (Phi) is 5.89. The summed E-state index contributed by atoms with van der Waals surface area (Å²) < 4.78 is 0. The lowest BCUT2D eigenvalue weighted by molar-refractivity contribution is -0.0138. The molecule has 0 saturated heterocycles. The third-order valence-corrected chi connectivity index (χ3v) is 1.73. The smallest absolute Gasteiger partial charge is 0.0887 e. The minimum absolute atomic E-state index is 0.0295. The molecule has 0 aliphatic carbocycles. The summed E-state index contributed by atoms with van der Waals surface area (Å²) in [5, 5.41) is 35.2. The van der Waals surface area contributed by atoms with Crippen LogP contribution in [-0.4, -0.2) is 51.1 Å². The van der Waals surface area contributed by atoms with Gasteiger partial charge in [0.2, 0.25) is 0 Å². The second-order valence-corrected chi connectivity index (χ2v) is 2.75. The van der Waals surface area contributed by atoms with Crippen LogP contribution in [0.4, 0.5) is 0 Å². The third-order valence-electron chi connectivity index (χ3n) is 1.36. The normalized spacial score (nSPS) is 19.4. The third kappa shape index (κ3) is 4.60. The molecule has 3 unspecified atom stereocenters. The molecular weight excluding hydrogens is 168 g/mol. The molecule has 5 heteroatoms. The summed E-state index contributed by atoms with van der Waals surface area (Å²) >= 11 is 3.75. The highest BCUT2D eigenvalue weighted by Gasteiger charge is 2.17. The summed E-state index contributed by atoms with van der Waals surface area (Å²) in [4.78, 5) is 0. The van der Waals surface area contributed by atoms with E-state index in [9.17, 15) is 0 Å². The van der Waals surface area contributed by atoms with Crippen LogP contribution in [0.2, 0.25) is 0 Å². The molecule has 3 atom stereocenters. The predicted molar refractivity (Wildman–Crippen MR) is 43.6 cm³/mol. The van der Waals surface area contributed by atoms with Crippen molar-refractivity contribution in [2.24, 2.45) is 0 Å². The van der Waals surface area contributed by atoms with Crippen LogP contribution in [0.3, 0.4) is 0 Å². The Morgan fingerprint density at radius 1 is 1.09 bits per heavy atom. The Balaban J connectivity index is 3.58. The first kappa shape index (κ1) is 11.2. The van der Waals surface area contributed by atoms with Crippen molar-refractivity contribution in [1.82, 2.24) is 0 Å². The molecule has 0 saturated carbocycles. The van der Waals surface area contributed by atoms with Gasteiger partial charge in [0, 0.05) is 12.2 Å². The highest BCUT2D eigenvalue weighted by Crippen LogP contribution is 2.03. The molecule has 0 radical (unpaired) electrons. The maximum absolute atomic E-state index is 9.05. The van der Waals surface area contributed by atoms with E-state index < -0.39 is 24.9 Å². The number of aliphatic hydroxyl groups excluding tert-OH is 4. The van der Waals surface area contributed by atoms with Gasteiger partial charge in [0.1, 0.15) is 0 Å². The Morgan fingerprint density at radius 3 is 2.00 bits per heavy atom. The van der Waals surface area contributed by atoms with Gasteiger partial charge in [-0.2, -0.15) is 12.6 Å². The Hall–Kier alpha value is 0.190. The molecule has 0 bridgehead atoms. The van der Waals surface area contributed by atoms with Crippen LogP contribution in [-0.2, 0) is 0 Å². The lowest BCUT2D eigenvalue weighted by Crippen LogP contribution is -2.32. The minimum Gasteiger partial charge on any atom is -0.394 e. The minimum atomic E-state index is -1.02. The lowest BCUT2D eigenvalue weighted by atomic mass is 10.1. The molecule has 0 heterocycles. The van der Waals surface area contributed by atoms with Gasteiger partial charge in [-0.3, -0.25) is 0 Å². The Bertz CT molecular complexity index is 101. The van der Waals surface area contributed by atoms with Gasteiger partial charge in [-0.15, -0.1) is 0 Å². The van der Waals surface area contributed by atoms with Gasteiger partial charge >= 0.3 is 0 Å². The Labute approximate surface area is 70.9 Å². The second-order valence-electron chi connectivity index (χ2n) is 2.39. The van der Waals surface area contributed by atoms with Crippen molar-refractivity contribution in [2.45, 2.75) is 24.7 Å². The van der Waals surface area contributed by atoms with Crippen LogP contribution in [0.25, 0.3) is 0 Å². The molecule has 11 heavy (non-hydrogen) atoms. The van der Waals surface area contributed by atoms with E-state index in [1.54, 1.807) is 0 Å². The lowest BCUT2D eigenvalue weighted by Gasteiger charge is -2.17. The van der Waals surface area contributed by atoms with E-state index >= 15 is 0 Å². The van der Waals surface area contributed by atoms with Crippen LogP contribution in [0.1, 0.15) is 6.42 Å². The van der Waals surface area contributed by atoms with Crippen LogP contribution in [0, 0.1) is 0 Å². The summed E-state index contributed by atoms with van der Waals surface area (Å²) in [5.74, 6) is 0.138. The molecule has 68 valence electrons. The summed E-state index contributed by atoms with van der Waals surface area (Å²) in [6, 6.07) is 0. The number of hydrogen-bond donors (Lipinski definition) is 5. The van der Waals surface area contributed by atoms with Crippen molar-refractivity contribution in [3.63, 3.8) is 0 Å². The van der Waals surface area contributed by atoms with E-state index in [0.717, 1.165) is 0 Å². The van der Waals surface area contributed by atoms with Crippen molar-refractivity contribution < 1.29 is 20.4 Å². The first-order chi connectivity index (χ1) is 5.11. The fourth-order valence-corrected chi connectivity index (χ4v) is 0.875. The fraction of sp³-hybridized carbons (Fsp3) is 1.00. The summed E-state index contributed by atoms with van der Waals surface area (Å²) in [5.41, 5.74) is 0. The van der Waals surface area contributed by atoms with Crippen LogP contribution in [0.5, 0.6) is 0 Å². The van der Waals surface area contributed by atoms with Gasteiger partial charge in [0.05, 0.1) is 24.9 Å². The molecule has 0 fully saturated rings. The molecular formula is C6H14O4S. The zero-order valence-corrected chi connectivity index (χ0v) is 6.98. The second kappa shape index (κ2) is 5.79. The predicted octanol–water partition coefficient (Wildman–Crippen LogP) is -1.62. The van der Waals surface area contributed by atoms with Gasteiger partial charge in [0.25, 0.3) is 0 Å². The number of aliphatic hydroxyl groups is 4. The zero-order chi connectivity index (χ0) is 8.85. The number of hydrogen-bond acceptors (Lipinski definition) is 5. The van der Waals surface area contributed by atoms with Crippen molar-refractivity contribution in [3.8, 4) is 0 Å². The molecule has 0 aromatic carbocycles. The molecule has 4 N–H and O–H groups in total. The summed E-state index contributed by atoms with van der Waals surface area (Å²) in [6.07, 6.45) is -2.97. The van der Waals surface area contributed by atoms with E-state index in [4.69, 9.17) is 20.4 Å². The van der Waals surface area contributed by atoms with Crippen molar-refractivity contribution >= 4 is 12.6 Å². The van der Waals surface area contributed by atoms with Gasteiger partial charge in [-0.1, -0.05) is 0 Å². The largest absolute Gasteiger partial charge is 0.394 e. The molecule has 0 amide bonds. The van der Waals surface area contributed by atoms with Crippen LogP contribution >= 0.6 is 12.6 Å². The quantitative estimate of drug-likeness (QED) is 0.331. The highest BCUT2D eigenvalue weighted by atomic mass is 32.1. The first-order valence-corrected chi connectivity index (χ1v) is 4.01. The monoisotopic (exact) mass is 182 g/mol. The van der Waals surface area contributed by atoms with Gasteiger partial charge in [-0.05, 0) is 0 Å². The van der Waals surface area contributed by atoms with Crippen molar-refractivity contribution in [1.29, 1.82) is 0 Å². The SMILES string of the molecule is OCC(O)CC(O)C(O)CS. The molecule has 0 aliphatic rings. The van der Waals surface area contributed by atoms with E-state index in [1.807, 2.05) is 0 Å². The molecule has 4 nitrogen and oxygen atoms in total. The van der Waals surface area contributed by atoms with Gasteiger partial charge < -0.3 is 20.4 Å². The average molecular weight is 182 g/mol. The topological polar surface area (TPSA) is 80.9 Å². The fourth-order valence-electron chi connectivity index (χ4n) is 0.632. The maximum Gasteiger partial charge on any atom is 0.0887 e. The zero-order valence-electron chi connectivity index (χ0n) is 6.09. The first-order valence-electron chi connectivity index (χ1n) is 3.37. The number of thiol groups is 1. The highest BCUT2D eigenvalue weighted by molar-refractivity contribution is 7.80. The van der Waals surface area contributed by atoms with Crippen molar-refractivity contribution in [2.75, 3.05) is 12.4 Å². The maximum atomic E-state index is 9.05. The summed E-state index contributed by atoms with van der Waals surface area (Å²) in [7, 11) is 0. The molecule has 0 aromatic rings. The average Bonchev–Trinajstić information content (AvgIpc) is 2.02. The van der Waals surface area contributed by atoms with Gasteiger partial charge in [0.15, 0.2) is 0 Å². The van der Waals surface area contributed by atoms with Crippen molar-refractivity contribution in [3.05, 3.63) is 0 Å². The summed E-state index contributed by atoms with van der Waals surface area (Å²) in [6.45, 7) is -0.406. The molecule has 0 aromatic heterocycles. The van der Waals surface area contributed by atoms with E-state index in [2.05, 4.69) is 12.6 Å². The number of rotatable bonds is 5. The molecule has 0 rings (SSSR count). The van der Waals surface area contributed by atoms with E-state index in [0.29, 0.717) is 0 Å². The Morgan fingerprint density at radius 2 is 1.64 bits per heavy atom. The van der Waals surface area contributed by atoms with Crippen LogP contribution in [0.15, 0.2) is 0 Å². The van der Waals surface area contributed by atoms with Crippen LogP contribution < -0.4 is 0 Å². The van der Waals surface area contributed by atoms with E-state index in [1.165, 1.54) is 0 Å². The van der Waals surface area contributed by atoms with E-state index in [-0.39, 0.29) is 12.2 Å². The molecule has 0 aliphatic heterocycles.